The molecule has 5 heteroatoms. The molecule has 0 amide bonds. The van der Waals surface area contributed by atoms with E-state index in [1.807, 2.05) is 22.2 Å². The van der Waals surface area contributed by atoms with E-state index in [1.165, 1.54) is 34.6 Å². The highest BCUT2D eigenvalue weighted by Gasteiger charge is 2.24. The molecule has 1 unspecified atom stereocenters. The Hall–Kier alpha value is -0.650. The van der Waals surface area contributed by atoms with Gasteiger partial charge in [0.2, 0.25) is 0 Å². The lowest BCUT2D eigenvalue weighted by Crippen LogP contribution is -2.18. The zero-order valence-electron chi connectivity index (χ0n) is 11.2. The summed E-state index contributed by atoms with van der Waals surface area (Å²) >= 11 is 5.45. The maximum Gasteiger partial charge on any atom is 0.0828 e. The summed E-state index contributed by atoms with van der Waals surface area (Å²) in [4.78, 5) is 2.78. The number of hydrogen-bond donors (Lipinski definition) is 1. The molecule has 0 spiro atoms. The van der Waals surface area contributed by atoms with Crippen LogP contribution in [-0.4, -0.2) is 9.78 Å². The first-order valence-corrected chi connectivity index (χ1v) is 8.29. The van der Waals surface area contributed by atoms with Crippen LogP contribution >= 0.6 is 27.3 Å². The number of thiophene rings is 1. The summed E-state index contributed by atoms with van der Waals surface area (Å²) in [6.45, 7) is 4.26. The largest absolute Gasteiger partial charge is 0.318 e. The zero-order valence-corrected chi connectivity index (χ0v) is 13.6. The average molecular weight is 340 g/mol. The summed E-state index contributed by atoms with van der Waals surface area (Å²) in [7, 11) is 0. The molecule has 3 rings (SSSR count). The fraction of sp³-hybridized carbons (Fsp3) is 0.500. The molecule has 0 fully saturated rings. The molecule has 2 heterocycles. The van der Waals surface area contributed by atoms with Crippen molar-refractivity contribution in [2.75, 3.05) is 0 Å². The first-order chi connectivity index (χ1) is 9.08. The van der Waals surface area contributed by atoms with E-state index in [9.17, 15) is 0 Å². The monoisotopic (exact) mass is 339 g/mol. The van der Waals surface area contributed by atoms with E-state index >= 15 is 0 Å². The van der Waals surface area contributed by atoms with Gasteiger partial charge in [-0.15, -0.1) is 11.3 Å². The Morgan fingerprint density at radius 3 is 2.89 bits per heavy atom. The second-order valence-electron chi connectivity index (χ2n) is 5.34. The molecular weight excluding hydrogens is 322 g/mol. The molecule has 2 aromatic heterocycles. The topological polar surface area (TPSA) is 43.8 Å². The predicted octanol–water partition coefficient (Wildman–Crippen LogP) is 3.82. The predicted molar refractivity (Wildman–Crippen MR) is 82.7 cm³/mol. The fourth-order valence-corrected chi connectivity index (χ4v) is 4.48. The Morgan fingerprint density at radius 2 is 2.21 bits per heavy atom. The van der Waals surface area contributed by atoms with E-state index in [0.717, 1.165) is 10.2 Å². The van der Waals surface area contributed by atoms with Gasteiger partial charge in [0.05, 0.1) is 22.4 Å². The summed E-state index contributed by atoms with van der Waals surface area (Å²) in [6.07, 6.45) is 5.57. The smallest absolute Gasteiger partial charge is 0.0828 e. The summed E-state index contributed by atoms with van der Waals surface area (Å²) in [5.74, 6) is 0. The third-order valence-corrected chi connectivity index (χ3v) is 5.57. The van der Waals surface area contributed by atoms with E-state index in [2.05, 4.69) is 40.9 Å². The van der Waals surface area contributed by atoms with E-state index in [4.69, 9.17) is 5.73 Å². The summed E-state index contributed by atoms with van der Waals surface area (Å²) in [6, 6.07) is 2.52. The second-order valence-corrected chi connectivity index (χ2v) is 7.37. The molecule has 19 heavy (non-hydrogen) atoms. The van der Waals surface area contributed by atoms with Crippen molar-refractivity contribution in [3.63, 3.8) is 0 Å². The van der Waals surface area contributed by atoms with Crippen LogP contribution < -0.4 is 5.73 Å². The molecular formula is C14H18BrN3S. The van der Waals surface area contributed by atoms with Crippen molar-refractivity contribution in [1.82, 2.24) is 9.78 Å². The van der Waals surface area contributed by atoms with E-state index < -0.39 is 0 Å². The zero-order chi connectivity index (χ0) is 13.6. The van der Waals surface area contributed by atoms with Crippen LogP contribution in [0.4, 0.5) is 0 Å². The Kier molecular flexibility index (Phi) is 3.53. The number of aromatic nitrogens is 2. The van der Waals surface area contributed by atoms with Crippen LogP contribution in [0.3, 0.4) is 0 Å². The lowest BCUT2D eigenvalue weighted by atomic mass is 10.1. The molecule has 1 atom stereocenters. The molecule has 2 aromatic rings. The lowest BCUT2D eigenvalue weighted by molar-refractivity contribution is 0.499. The maximum atomic E-state index is 6.48. The van der Waals surface area contributed by atoms with Crippen molar-refractivity contribution >= 4 is 27.3 Å². The molecule has 1 aliphatic rings. The van der Waals surface area contributed by atoms with Gasteiger partial charge in [-0.2, -0.15) is 5.10 Å². The van der Waals surface area contributed by atoms with Gasteiger partial charge < -0.3 is 5.73 Å². The number of nitrogens with zero attached hydrogens (tertiary/aromatic N) is 2. The summed E-state index contributed by atoms with van der Waals surface area (Å²) in [5.41, 5.74) is 9.06. The number of rotatable bonds is 3. The average Bonchev–Trinajstić information content (AvgIpc) is 3.00. The third-order valence-electron chi connectivity index (χ3n) is 3.64. The van der Waals surface area contributed by atoms with Gasteiger partial charge in [-0.1, -0.05) is 0 Å². The normalized spacial score (nSPS) is 16.1. The Balaban J connectivity index is 1.99. The third kappa shape index (κ3) is 2.28. The van der Waals surface area contributed by atoms with Crippen molar-refractivity contribution in [3.8, 4) is 0 Å². The molecule has 102 valence electrons. The van der Waals surface area contributed by atoms with Gasteiger partial charge in [-0.05, 0) is 60.7 Å². The molecule has 1 aliphatic carbocycles. The minimum Gasteiger partial charge on any atom is -0.318 e. The number of nitrogens with two attached hydrogens (primary N) is 1. The van der Waals surface area contributed by atoms with Gasteiger partial charge in [0.25, 0.3) is 0 Å². The van der Waals surface area contributed by atoms with Gasteiger partial charge in [0, 0.05) is 15.8 Å². The summed E-state index contributed by atoms with van der Waals surface area (Å²) < 4.78 is 3.02. The fourth-order valence-electron chi connectivity index (χ4n) is 2.69. The molecule has 0 bridgehead atoms. The molecule has 0 aliphatic heterocycles. The number of hydrogen-bond acceptors (Lipinski definition) is 3. The standard InChI is InChI=1S/C14H18BrN3S/c1-8(2)18-14(10(15)7-17-18)13(16)12-6-9-4-3-5-11(9)19-12/h6-8,13H,3-5,16H2,1-2H3. The van der Waals surface area contributed by atoms with Crippen LogP contribution in [0.2, 0.25) is 0 Å². The van der Waals surface area contributed by atoms with Crippen LogP contribution in [0.15, 0.2) is 16.7 Å². The molecule has 0 radical (unpaired) electrons. The van der Waals surface area contributed by atoms with E-state index in [0.29, 0.717) is 6.04 Å². The Labute approximate surface area is 125 Å². The van der Waals surface area contributed by atoms with Crippen molar-refractivity contribution in [2.24, 2.45) is 5.73 Å². The number of halogens is 1. The highest BCUT2D eigenvalue weighted by molar-refractivity contribution is 9.10. The van der Waals surface area contributed by atoms with Crippen LogP contribution in [0.1, 0.15) is 53.4 Å². The quantitative estimate of drug-likeness (QED) is 0.923. The highest BCUT2D eigenvalue weighted by atomic mass is 79.9. The van der Waals surface area contributed by atoms with Crippen molar-refractivity contribution < 1.29 is 0 Å². The van der Waals surface area contributed by atoms with Gasteiger partial charge in [0.1, 0.15) is 0 Å². The maximum absolute atomic E-state index is 6.48. The Bertz CT molecular complexity index is 578. The van der Waals surface area contributed by atoms with Crippen LogP contribution in [0.25, 0.3) is 0 Å². The van der Waals surface area contributed by atoms with Gasteiger partial charge in [0.15, 0.2) is 0 Å². The van der Waals surface area contributed by atoms with Crippen molar-refractivity contribution in [3.05, 3.63) is 37.7 Å². The highest BCUT2D eigenvalue weighted by Crippen LogP contribution is 2.37. The first kappa shape index (κ1) is 13.3. The number of aryl methyl sites for hydroxylation is 2. The minimum atomic E-state index is -0.0881. The van der Waals surface area contributed by atoms with Crippen LogP contribution in [0.5, 0.6) is 0 Å². The first-order valence-electron chi connectivity index (χ1n) is 6.68. The van der Waals surface area contributed by atoms with E-state index in [-0.39, 0.29) is 6.04 Å². The lowest BCUT2D eigenvalue weighted by Gasteiger charge is -2.16. The Morgan fingerprint density at radius 1 is 1.42 bits per heavy atom. The molecule has 0 saturated heterocycles. The van der Waals surface area contributed by atoms with Crippen LogP contribution in [0, 0.1) is 0 Å². The van der Waals surface area contributed by atoms with E-state index in [1.54, 1.807) is 0 Å². The van der Waals surface area contributed by atoms with Gasteiger partial charge in [-0.3, -0.25) is 4.68 Å². The molecule has 0 aromatic carbocycles. The minimum absolute atomic E-state index is 0.0881. The van der Waals surface area contributed by atoms with Crippen LogP contribution in [-0.2, 0) is 12.8 Å². The molecule has 3 nitrogen and oxygen atoms in total. The molecule has 0 saturated carbocycles. The SMILES string of the molecule is CC(C)n1ncc(Br)c1C(N)c1cc2c(s1)CCC2. The number of fused-ring (bicyclic) bond motifs is 1. The molecule has 2 N–H and O–H groups in total. The second kappa shape index (κ2) is 5.04. The van der Waals surface area contributed by atoms with Crippen molar-refractivity contribution in [2.45, 2.75) is 45.2 Å². The van der Waals surface area contributed by atoms with Gasteiger partial charge in [-0.25, -0.2) is 0 Å². The van der Waals surface area contributed by atoms with Crippen molar-refractivity contribution in [1.29, 1.82) is 0 Å². The van der Waals surface area contributed by atoms with Gasteiger partial charge >= 0.3 is 0 Å². The summed E-state index contributed by atoms with van der Waals surface area (Å²) in [5, 5.41) is 4.42.